The summed E-state index contributed by atoms with van der Waals surface area (Å²) in [6.07, 6.45) is 2.87. The topological polar surface area (TPSA) is 34.9 Å². The zero-order valence-electron chi connectivity index (χ0n) is 14.4. The van der Waals surface area contributed by atoms with Gasteiger partial charge in [-0.15, -0.1) is 0 Å². The number of halogens is 3. The highest BCUT2D eigenvalue weighted by Crippen LogP contribution is 2.19. The third kappa shape index (κ3) is 3.20. The minimum absolute atomic E-state index is 0.0949. The van der Waals surface area contributed by atoms with Crippen LogP contribution in [0, 0.1) is 17.5 Å². The molecule has 0 atom stereocenters. The lowest BCUT2D eigenvalue weighted by molar-refractivity contribution is 0.576. The Morgan fingerprint density at radius 2 is 1.57 bits per heavy atom. The van der Waals surface area contributed by atoms with Gasteiger partial charge in [-0.3, -0.25) is 9.36 Å². The van der Waals surface area contributed by atoms with Crippen LogP contribution in [-0.2, 0) is 0 Å². The average Bonchev–Trinajstić information content (AvgIpc) is 2.68. The van der Waals surface area contributed by atoms with Crippen molar-refractivity contribution in [1.29, 1.82) is 0 Å². The molecule has 0 aliphatic heterocycles. The highest BCUT2D eigenvalue weighted by molar-refractivity contribution is 5.80. The Morgan fingerprint density at radius 1 is 0.821 bits per heavy atom. The number of hydrogen-bond acceptors (Lipinski definition) is 2. The summed E-state index contributed by atoms with van der Waals surface area (Å²) in [5.74, 6) is -2.01. The summed E-state index contributed by atoms with van der Waals surface area (Å²) in [7, 11) is 0. The van der Waals surface area contributed by atoms with E-state index in [0.717, 1.165) is 10.6 Å². The van der Waals surface area contributed by atoms with Gasteiger partial charge in [-0.1, -0.05) is 30.3 Å². The fraction of sp³-hybridized carbons (Fsp3) is 0. The number of para-hydroxylation sites is 1. The Kier molecular flexibility index (Phi) is 4.53. The van der Waals surface area contributed by atoms with Crippen molar-refractivity contribution in [1.82, 2.24) is 9.55 Å². The van der Waals surface area contributed by atoms with Crippen LogP contribution in [0.25, 0.3) is 28.7 Å². The molecule has 0 amide bonds. The lowest BCUT2D eigenvalue weighted by Gasteiger charge is -2.12. The molecule has 28 heavy (non-hydrogen) atoms. The van der Waals surface area contributed by atoms with Gasteiger partial charge >= 0.3 is 0 Å². The molecule has 0 bridgehead atoms. The van der Waals surface area contributed by atoms with E-state index in [1.54, 1.807) is 42.5 Å². The maximum absolute atomic E-state index is 14.4. The van der Waals surface area contributed by atoms with Gasteiger partial charge in [-0.2, -0.15) is 0 Å². The first kappa shape index (κ1) is 17.7. The van der Waals surface area contributed by atoms with Gasteiger partial charge < -0.3 is 0 Å². The van der Waals surface area contributed by atoms with E-state index in [1.165, 1.54) is 24.3 Å². The zero-order chi connectivity index (χ0) is 19.7. The Labute approximate surface area is 158 Å². The smallest absolute Gasteiger partial charge is 0.266 e. The van der Waals surface area contributed by atoms with Gasteiger partial charge in [0.05, 0.1) is 16.6 Å². The van der Waals surface area contributed by atoms with Crippen molar-refractivity contribution >= 4 is 23.1 Å². The third-order valence-corrected chi connectivity index (χ3v) is 4.27. The van der Waals surface area contributed by atoms with Crippen LogP contribution in [0.4, 0.5) is 13.2 Å². The predicted octanol–water partition coefficient (Wildman–Crippen LogP) is 4.97. The highest BCUT2D eigenvalue weighted by atomic mass is 19.1. The van der Waals surface area contributed by atoms with E-state index in [1.807, 2.05) is 0 Å². The van der Waals surface area contributed by atoms with E-state index in [9.17, 15) is 18.0 Å². The van der Waals surface area contributed by atoms with E-state index in [-0.39, 0.29) is 22.5 Å². The zero-order valence-corrected chi connectivity index (χ0v) is 14.4. The molecule has 0 fully saturated rings. The van der Waals surface area contributed by atoms with Gasteiger partial charge in [0.1, 0.15) is 23.3 Å². The van der Waals surface area contributed by atoms with Crippen LogP contribution in [0.1, 0.15) is 11.4 Å². The lowest BCUT2D eigenvalue weighted by Crippen LogP contribution is -2.23. The van der Waals surface area contributed by atoms with Crippen LogP contribution < -0.4 is 5.56 Å². The lowest BCUT2D eigenvalue weighted by atomic mass is 10.2. The second kappa shape index (κ2) is 7.15. The van der Waals surface area contributed by atoms with Crippen LogP contribution in [0.15, 0.2) is 71.5 Å². The maximum Gasteiger partial charge on any atom is 0.266 e. The quantitative estimate of drug-likeness (QED) is 0.504. The van der Waals surface area contributed by atoms with Crippen molar-refractivity contribution in [3.8, 4) is 5.69 Å². The third-order valence-electron chi connectivity index (χ3n) is 4.27. The van der Waals surface area contributed by atoms with E-state index in [0.29, 0.717) is 11.6 Å². The van der Waals surface area contributed by atoms with Gasteiger partial charge in [0, 0.05) is 11.6 Å². The molecule has 4 aromatic rings. The summed E-state index contributed by atoms with van der Waals surface area (Å²) >= 11 is 0. The summed E-state index contributed by atoms with van der Waals surface area (Å²) in [4.78, 5) is 17.4. The van der Waals surface area contributed by atoms with Gasteiger partial charge in [0.2, 0.25) is 0 Å². The summed E-state index contributed by atoms with van der Waals surface area (Å²) in [6.45, 7) is 0. The Morgan fingerprint density at radius 3 is 2.36 bits per heavy atom. The number of fused-ring (bicyclic) bond motifs is 1. The Hall–Kier alpha value is -3.67. The first-order valence-electron chi connectivity index (χ1n) is 8.44. The molecule has 1 heterocycles. The van der Waals surface area contributed by atoms with Crippen LogP contribution in [-0.4, -0.2) is 9.55 Å². The van der Waals surface area contributed by atoms with Gasteiger partial charge in [0.25, 0.3) is 5.56 Å². The van der Waals surface area contributed by atoms with Crippen molar-refractivity contribution < 1.29 is 13.2 Å². The molecule has 3 aromatic carbocycles. The summed E-state index contributed by atoms with van der Waals surface area (Å²) in [6, 6.07) is 15.7. The molecule has 0 aliphatic rings. The van der Waals surface area contributed by atoms with Crippen LogP contribution >= 0.6 is 0 Å². The largest absolute Gasteiger partial charge is 0.268 e. The standard InChI is InChI=1S/C22H13F3N2O/c23-15-10-11-20(18(25)13-15)27-21(12-9-14-5-1-3-7-17(14)24)26-19-8-4-2-6-16(19)22(27)28/h1-13H/b12-9-. The normalized spacial score (nSPS) is 11.4. The number of rotatable bonds is 3. The molecular weight excluding hydrogens is 365 g/mol. The van der Waals surface area contributed by atoms with E-state index >= 15 is 0 Å². The Balaban J connectivity index is 1.99. The van der Waals surface area contributed by atoms with Gasteiger partial charge in [0.15, 0.2) is 0 Å². The molecule has 0 saturated heterocycles. The first-order valence-corrected chi connectivity index (χ1v) is 8.44. The summed E-state index contributed by atoms with van der Waals surface area (Å²) < 4.78 is 42.7. The van der Waals surface area contributed by atoms with Crippen LogP contribution in [0.5, 0.6) is 0 Å². The molecule has 1 aromatic heterocycles. The molecule has 3 nitrogen and oxygen atoms in total. The van der Waals surface area contributed by atoms with Crippen molar-refractivity contribution in [2.45, 2.75) is 0 Å². The monoisotopic (exact) mass is 378 g/mol. The second-order valence-corrected chi connectivity index (χ2v) is 6.08. The molecule has 0 unspecified atom stereocenters. The van der Waals surface area contributed by atoms with E-state index < -0.39 is 23.0 Å². The molecule has 0 N–H and O–H groups in total. The minimum Gasteiger partial charge on any atom is -0.268 e. The average molecular weight is 378 g/mol. The van der Waals surface area contributed by atoms with Crippen molar-refractivity contribution in [3.05, 3.63) is 106 Å². The molecule has 0 aliphatic carbocycles. The summed E-state index contributed by atoms with van der Waals surface area (Å²) in [5.41, 5.74) is 0.0533. The number of hydrogen-bond donors (Lipinski definition) is 0. The van der Waals surface area contributed by atoms with E-state index in [4.69, 9.17) is 0 Å². The Bertz CT molecular complexity index is 1280. The molecule has 6 heteroatoms. The molecule has 4 rings (SSSR count). The molecule has 0 spiro atoms. The molecule has 0 radical (unpaired) electrons. The number of aromatic nitrogens is 2. The fourth-order valence-corrected chi connectivity index (χ4v) is 2.93. The molecule has 0 saturated carbocycles. The molecule has 138 valence electrons. The predicted molar refractivity (Wildman–Crippen MR) is 103 cm³/mol. The number of nitrogens with zero attached hydrogens (tertiary/aromatic N) is 2. The van der Waals surface area contributed by atoms with Crippen LogP contribution in [0.3, 0.4) is 0 Å². The minimum atomic E-state index is -0.903. The summed E-state index contributed by atoms with van der Waals surface area (Å²) in [5, 5.41) is 0.286. The van der Waals surface area contributed by atoms with Gasteiger partial charge in [-0.05, 0) is 42.5 Å². The SMILES string of the molecule is O=c1c2ccccc2nc(/C=C\c2ccccc2F)n1-c1ccc(F)cc1F. The first-order chi connectivity index (χ1) is 13.5. The maximum atomic E-state index is 14.4. The van der Waals surface area contributed by atoms with E-state index in [2.05, 4.69) is 4.98 Å². The van der Waals surface area contributed by atoms with Crippen molar-refractivity contribution in [2.75, 3.05) is 0 Å². The van der Waals surface area contributed by atoms with Crippen molar-refractivity contribution in [2.24, 2.45) is 0 Å². The number of benzene rings is 3. The van der Waals surface area contributed by atoms with Crippen LogP contribution in [0.2, 0.25) is 0 Å². The van der Waals surface area contributed by atoms with Crippen molar-refractivity contribution in [3.63, 3.8) is 0 Å². The molecular formula is C22H13F3N2O. The second-order valence-electron chi connectivity index (χ2n) is 6.08. The highest BCUT2D eigenvalue weighted by Gasteiger charge is 2.15. The van der Waals surface area contributed by atoms with Gasteiger partial charge in [-0.25, -0.2) is 18.2 Å². The fourth-order valence-electron chi connectivity index (χ4n) is 2.93.